The lowest BCUT2D eigenvalue weighted by Crippen LogP contribution is -1.94. The Morgan fingerprint density at radius 1 is 0.783 bits per heavy atom. The summed E-state index contributed by atoms with van der Waals surface area (Å²) >= 11 is 0. The van der Waals surface area contributed by atoms with Gasteiger partial charge < -0.3 is 4.74 Å². The van der Waals surface area contributed by atoms with Gasteiger partial charge >= 0.3 is 0 Å². The lowest BCUT2D eigenvalue weighted by Gasteiger charge is -2.06. The Morgan fingerprint density at radius 2 is 1.57 bits per heavy atom. The highest BCUT2D eigenvalue weighted by atomic mass is 16.5. The Hall–Kier alpha value is -3.07. The average Bonchev–Trinajstić information content (AvgIpc) is 3.07. The number of pyridine rings is 1. The number of methoxy groups -OCH3 is 1. The summed E-state index contributed by atoms with van der Waals surface area (Å²) in [5.74, 6) is 0.853. The first-order chi connectivity index (χ1) is 11.3. The van der Waals surface area contributed by atoms with E-state index in [1.165, 1.54) is 0 Å². The molecule has 0 amide bonds. The smallest absolute Gasteiger partial charge is 0.118 e. The van der Waals surface area contributed by atoms with Crippen LogP contribution in [0.15, 0.2) is 78.9 Å². The van der Waals surface area contributed by atoms with Crippen molar-refractivity contribution in [2.45, 2.75) is 0 Å². The zero-order valence-electron chi connectivity index (χ0n) is 12.8. The van der Waals surface area contributed by atoms with Gasteiger partial charge in [0, 0.05) is 11.1 Å². The Balaban J connectivity index is 1.85. The van der Waals surface area contributed by atoms with Crippen molar-refractivity contribution in [2.24, 2.45) is 0 Å². The Morgan fingerprint density at radius 3 is 2.30 bits per heavy atom. The fourth-order valence-corrected chi connectivity index (χ4v) is 2.75. The van der Waals surface area contributed by atoms with Crippen LogP contribution in [0, 0.1) is 0 Å². The van der Waals surface area contributed by atoms with Crippen LogP contribution >= 0.6 is 0 Å². The van der Waals surface area contributed by atoms with E-state index in [1.54, 1.807) is 7.11 Å². The fraction of sp³-hybridized carbons (Fsp3) is 0.0500. The van der Waals surface area contributed by atoms with E-state index in [-0.39, 0.29) is 0 Å². The largest absolute Gasteiger partial charge is 0.497 e. The standard InChI is InChI=1S/C20H16N2O/c1-23-18-12-10-16(11-13-18)20-9-5-8-17-14-19(21-22(17)20)15-6-3-2-4-7-15/h2-14H,1H3. The quantitative estimate of drug-likeness (QED) is 0.549. The van der Waals surface area contributed by atoms with Gasteiger partial charge in [-0.15, -0.1) is 0 Å². The normalized spacial score (nSPS) is 10.8. The van der Waals surface area contributed by atoms with E-state index in [0.29, 0.717) is 0 Å². The summed E-state index contributed by atoms with van der Waals surface area (Å²) in [6.07, 6.45) is 0. The van der Waals surface area contributed by atoms with Gasteiger partial charge in [-0.1, -0.05) is 36.4 Å². The van der Waals surface area contributed by atoms with Gasteiger partial charge in [0.25, 0.3) is 0 Å². The van der Waals surface area contributed by atoms with Crippen LogP contribution in [-0.4, -0.2) is 16.7 Å². The first-order valence-corrected chi connectivity index (χ1v) is 7.54. The van der Waals surface area contributed by atoms with Crippen LogP contribution in [0.25, 0.3) is 28.0 Å². The number of nitrogens with zero attached hydrogens (tertiary/aromatic N) is 2. The summed E-state index contributed by atoms with van der Waals surface area (Å²) in [5, 5.41) is 4.79. The van der Waals surface area contributed by atoms with Crippen molar-refractivity contribution in [1.29, 1.82) is 0 Å². The van der Waals surface area contributed by atoms with Crippen LogP contribution in [0.3, 0.4) is 0 Å². The molecule has 0 radical (unpaired) electrons. The number of rotatable bonds is 3. The molecule has 0 fully saturated rings. The van der Waals surface area contributed by atoms with Crippen LogP contribution < -0.4 is 4.74 Å². The number of benzene rings is 2. The van der Waals surface area contributed by atoms with Gasteiger partial charge in [-0.05, 0) is 42.5 Å². The highest BCUT2D eigenvalue weighted by Gasteiger charge is 2.08. The van der Waals surface area contributed by atoms with Crippen LogP contribution in [-0.2, 0) is 0 Å². The van der Waals surface area contributed by atoms with E-state index in [1.807, 2.05) is 34.8 Å². The van der Waals surface area contributed by atoms with Crippen molar-refractivity contribution < 1.29 is 4.74 Å². The second-order valence-electron chi connectivity index (χ2n) is 5.37. The van der Waals surface area contributed by atoms with E-state index in [4.69, 9.17) is 9.84 Å². The molecular weight excluding hydrogens is 284 g/mol. The SMILES string of the molecule is COc1ccc(-c2cccc3cc(-c4ccccc4)nn23)cc1. The van der Waals surface area contributed by atoms with E-state index >= 15 is 0 Å². The van der Waals surface area contributed by atoms with Crippen molar-refractivity contribution in [1.82, 2.24) is 9.61 Å². The molecule has 0 unspecified atom stereocenters. The molecule has 0 atom stereocenters. The molecule has 0 bridgehead atoms. The zero-order chi connectivity index (χ0) is 15.6. The molecule has 2 heterocycles. The highest BCUT2D eigenvalue weighted by Crippen LogP contribution is 2.26. The van der Waals surface area contributed by atoms with Crippen molar-refractivity contribution in [3.05, 3.63) is 78.9 Å². The predicted octanol–water partition coefficient (Wildman–Crippen LogP) is 4.68. The van der Waals surface area contributed by atoms with Gasteiger partial charge in [0.05, 0.1) is 24.0 Å². The molecule has 0 aliphatic rings. The van der Waals surface area contributed by atoms with Crippen LogP contribution in [0.1, 0.15) is 0 Å². The van der Waals surface area contributed by atoms with Crippen molar-refractivity contribution in [3.8, 4) is 28.3 Å². The third kappa shape index (κ3) is 2.46. The first-order valence-electron chi connectivity index (χ1n) is 7.54. The first kappa shape index (κ1) is 13.6. The number of aromatic nitrogens is 2. The van der Waals surface area contributed by atoms with Crippen molar-refractivity contribution >= 4 is 5.52 Å². The summed E-state index contributed by atoms with van der Waals surface area (Å²) in [6.45, 7) is 0. The van der Waals surface area contributed by atoms with Gasteiger partial charge in [-0.2, -0.15) is 5.10 Å². The van der Waals surface area contributed by atoms with Crippen molar-refractivity contribution in [2.75, 3.05) is 7.11 Å². The molecule has 0 saturated carbocycles. The summed E-state index contributed by atoms with van der Waals surface area (Å²) < 4.78 is 7.22. The minimum absolute atomic E-state index is 0.853. The Kier molecular flexibility index (Phi) is 3.31. The highest BCUT2D eigenvalue weighted by molar-refractivity contribution is 5.70. The van der Waals surface area contributed by atoms with Crippen molar-refractivity contribution in [3.63, 3.8) is 0 Å². The topological polar surface area (TPSA) is 26.5 Å². The Bertz CT molecular complexity index is 940. The van der Waals surface area contributed by atoms with E-state index in [2.05, 4.69) is 48.5 Å². The number of hydrogen-bond donors (Lipinski definition) is 0. The van der Waals surface area contributed by atoms with Crippen LogP contribution in [0.5, 0.6) is 5.75 Å². The molecule has 0 aliphatic carbocycles. The van der Waals surface area contributed by atoms with Crippen LogP contribution in [0.4, 0.5) is 0 Å². The minimum Gasteiger partial charge on any atom is -0.497 e. The molecule has 4 aromatic rings. The average molecular weight is 300 g/mol. The van der Waals surface area contributed by atoms with Crippen LogP contribution in [0.2, 0.25) is 0 Å². The lowest BCUT2D eigenvalue weighted by atomic mass is 10.1. The molecule has 0 spiro atoms. The zero-order valence-corrected chi connectivity index (χ0v) is 12.8. The Labute approximate surface area is 134 Å². The summed E-state index contributed by atoms with van der Waals surface area (Å²) in [7, 11) is 1.68. The van der Waals surface area contributed by atoms with E-state index in [0.717, 1.165) is 33.8 Å². The molecule has 4 rings (SSSR count). The number of fused-ring (bicyclic) bond motifs is 1. The maximum Gasteiger partial charge on any atom is 0.118 e. The van der Waals surface area contributed by atoms with Gasteiger partial charge in [-0.25, -0.2) is 4.52 Å². The summed E-state index contributed by atoms with van der Waals surface area (Å²) in [4.78, 5) is 0. The van der Waals surface area contributed by atoms with Gasteiger partial charge in [0.2, 0.25) is 0 Å². The molecule has 2 aromatic carbocycles. The van der Waals surface area contributed by atoms with E-state index < -0.39 is 0 Å². The minimum atomic E-state index is 0.853. The lowest BCUT2D eigenvalue weighted by molar-refractivity contribution is 0.415. The van der Waals surface area contributed by atoms with Gasteiger partial charge in [0.1, 0.15) is 5.75 Å². The molecule has 112 valence electrons. The van der Waals surface area contributed by atoms with E-state index in [9.17, 15) is 0 Å². The second kappa shape index (κ2) is 5.61. The molecule has 3 nitrogen and oxygen atoms in total. The molecule has 2 aromatic heterocycles. The molecule has 0 saturated heterocycles. The molecule has 0 aliphatic heterocycles. The summed E-state index contributed by atoms with van der Waals surface area (Å²) in [6, 6.07) is 26.6. The predicted molar refractivity (Wildman–Crippen MR) is 92.6 cm³/mol. The second-order valence-corrected chi connectivity index (χ2v) is 5.37. The molecule has 0 N–H and O–H groups in total. The molecular formula is C20H16N2O. The third-order valence-electron chi connectivity index (χ3n) is 3.94. The van der Waals surface area contributed by atoms with Gasteiger partial charge in [0.15, 0.2) is 0 Å². The number of ether oxygens (including phenoxy) is 1. The monoisotopic (exact) mass is 300 g/mol. The third-order valence-corrected chi connectivity index (χ3v) is 3.94. The summed E-state index contributed by atoms with van der Waals surface area (Å²) in [5.41, 5.74) is 5.35. The fourth-order valence-electron chi connectivity index (χ4n) is 2.75. The van der Waals surface area contributed by atoms with Gasteiger partial charge in [-0.3, -0.25) is 0 Å². The molecule has 3 heteroatoms. The maximum atomic E-state index is 5.23. The number of hydrogen-bond acceptors (Lipinski definition) is 2. The molecule has 23 heavy (non-hydrogen) atoms. The maximum absolute atomic E-state index is 5.23.